The zero-order chi connectivity index (χ0) is 24.1. The number of anilines is 3. The lowest BCUT2D eigenvalue weighted by Crippen LogP contribution is -2.19. The first-order chi connectivity index (χ1) is 16.4. The number of nitrogens with two attached hydrogens (primary N) is 1. The van der Waals surface area contributed by atoms with Crippen LogP contribution in [0.3, 0.4) is 0 Å². The first-order valence-electron chi connectivity index (χ1n) is 9.85. The Hall–Kier alpha value is -4.31. The summed E-state index contributed by atoms with van der Waals surface area (Å²) < 4.78 is 31.2. The lowest BCUT2D eigenvalue weighted by Gasteiger charge is -2.09. The molecule has 2 heterocycles. The topological polar surface area (TPSA) is 115 Å². The molecule has 0 atom stereocenters. The number of benzene rings is 2. The fourth-order valence-corrected chi connectivity index (χ4v) is 3.13. The molecule has 2 amide bonds. The van der Waals surface area contributed by atoms with Crippen LogP contribution in [-0.2, 0) is 0 Å². The van der Waals surface area contributed by atoms with Gasteiger partial charge in [0, 0.05) is 23.0 Å². The number of carbonyl (C=O) groups is 1. The average molecular weight is 483 g/mol. The number of urea groups is 1. The number of rotatable bonds is 6. The van der Waals surface area contributed by atoms with Gasteiger partial charge < -0.3 is 21.1 Å². The first-order valence-corrected chi connectivity index (χ1v) is 10.2. The maximum atomic E-state index is 12.8. The zero-order valence-corrected chi connectivity index (χ0v) is 18.1. The Bertz CT molecular complexity index is 1300. The second-order valence-corrected chi connectivity index (χ2v) is 7.41. The maximum absolute atomic E-state index is 12.8. The minimum Gasteiger partial charge on any atom is -0.424 e. The predicted molar refractivity (Wildman–Crippen MR) is 125 cm³/mol. The second-order valence-electron chi connectivity index (χ2n) is 6.97. The summed E-state index contributed by atoms with van der Waals surface area (Å²) in [5.41, 5.74) is 7.74. The van der Waals surface area contributed by atoms with E-state index in [0.29, 0.717) is 22.2 Å². The molecule has 0 saturated heterocycles. The zero-order valence-electron chi connectivity index (χ0n) is 17.4. The number of halogens is 3. The number of pyridine rings is 1. The van der Waals surface area contributed by atoms with Crippen LogP contribution in [-0.4, -0.2) is 21.0 Å². The van der Waals surface area contributed by atoms with Crippen LogP contribution in [0, 0.1) is 0 Å². The molecule has 4 N–H and O–H groups in total. The molecule has 2 aromatic heterocycles. The van der Waals surface area contributed by atoms with Crippen LogP contribution >= 0.6 is 11.6 Å². The summed E-state index contributed by atoms with van der Waals surface area (Å²) in [7, 11) is 0. The van der Waals surface area contributed by atoms with Crippen LogP contribution in [0.25, 0.3) is 11.1 Å². The van der Waals surface area contributed by atoms with Crippen LogP contribution in [0.1, 0.15) is 12.0 Å². The second kappa shape index (κ2) is 10.1. The molecule has 0 aliphatic rings. The van der Waals surface area contributed by atoms with Gasteiger partial charge >= 0.3 is 12.0 Å². The molecule has 0 saturated carbocycles. The van der Waals surface area contributed by atoms with Crippen molar-refractivity contribution in [3.05, 3.63) is 83.8 Å². The molecular formula is C23H17ClF2N6O2. The molecule has 0 spiro atoms. The van der Waals surface area contributed by atoms with Crippen molar-refractivity contribution in [2.45, 2.75) is 6.43 Å². The Labute approximate surface area is 197 Å². The lowest BCUT2D eigenvalue weighted by atomic mass is 10.1. The van der Waals surface area contributed by atoms with Gasteiger partial charge in [0.15, 0.2) is 0 Å². The van der Waals surface area contributed by atoms with E-state index in [1.54, 1.807) is 30.3 Å². The summed E-state index contributed by atoms with van der Waals surface area (Å²) in [4.78, 5) is 24.3. The molecule has 0 bridgehead atoms. The average Bonchev–Trinajstić information content (AvgIpc) is 2.82. The summed E-state index contributed by atoms with van der Waals surface area (Å²) >= 11 is 5.99. The third-order valence-electron chi connectivity index (χ3n) is 4.54. The van der Waals surface area contributed by atoms with Gasteiger partial charge in [0.05, 0.1) is 23.1 Å². The minimum atomic E-state index is -2.63. The molecule has 172 valence electrons. The van der Waals surface area contributed by atoms with Crippen LogP contribution < -0.4 is 21.1 Å². The van der Waals surface area contributed by atoms with Gasteiger partial charge in [-0.05, 0) is 35.9 Å². The van der Waals surface area contributed by atoms with E-state index in [1.807, 2.05) is 0 Å². The SMILES string of the molecule is Nc1ncc(Cl)cc1-c1ccc(Oc2ncc(NC(=O)Nc3cccc(C(F)F)c3)cn2)cc1. The van der Waals surface area contributed by atoms with E-state index in [0.717, 1.165) is 5.56 Å². The van der Waals surface area contributed by atoms with E-state index in [-0.39, 0.29) is 22.9 Å². The predicted octanol–water partition coefficient (Wildman–Crippen LogP) is 6.15. The largest absolute Gasteiger partial charge is 0.424 e. The summed E-state index contributed by atoms with van der Waals surface area (Å²) in [5, 5.41) is 5.47. The van der Waals surface area contributed by atoms with E-state index < -0.39 is 12.5 Å². The van der Waals surface area contributed by atoms with Crippen molar-refractivity contribution in [3.63, 3.8) is 0 Å². The normalized spacial score (nSPS) is 10.7. The van der Waals surface area contributed by atoms with E-state index >= 15 is 0 Å². The van der Waals surface area contributed by atoms with Gasteiger partial charge in [0.2, 0.25) is 0 Å². The highest BCUT2D eigenvalue weighted by Gasteiger charge is 2.10. The highest BCUT2D eigenvalue weighted by Crippen LogP contribution is 2.29. The van der Waals surface area contributed by atoms with Crippen molar-refractivity contribution in [3.8, 4) is 22.9 Å². The van der Waals surface area contributed by atoms with Gasteiger partial charge in [0.25, 0.3) is 6.43 Å². The van der Waals surface area contributed by atoms with Gasteiger partial charge in [0.1, 0.15) is 11.6 Å². The van der Waals surface area contributed by atoms with Crippen molar-refractivity contribution in [1.29, 1.82) is 0 Å². The van der Waals surface area contributed by atoms with Gasteiger partial charge in [-0.25, -0.2) is 28.5 Å². The van der Waals surface area contributed by atoms with Crippen LogP contribution in [0.2, 0.25) is 5.02 Å². The fourth-order valence-electron chi connectivity index (χ4n) is 2.97. The van der Waals surface area contributed by atoms with Crippen molar-refractivity contribution in [2.24, 2.45) is 0 Å². The number of carbonyl (C=O) groups excluding carboxylic acids is 1. The third kappa shape index (κ3) is 5.73. The summed E-state index contributed by atoms with van der Waals surface area (Å²) in [5.74, 6) is 0.838. The van der Waals surface area contributed by atoms with Crippen molar-refractivity contribution < 1.29 is 18.3 Å². The molecular weight excluding hydrogens is 466 g/mol. The van der Waals surface area contributed by atoms with E-state index in [9.17, 15) is 13.6 Å². The fraction of sp³-hybridized carbons (Fsp3) is 0.0435. The minimum absolute atomic E-state index is 0.0623. The van der Waals surface area contributed by atoms with E-state index in [2.05, 4.69) is 25.6 Å². The van der Waals surface area contributed by atoms with E-state index in [4.69, 9.17) is 22.1 Å². The molecule has 4 aromatic rings. The number of nitrogen functional groups attached to an aromatic ring is 1. The number of alkyl halides is 2. The number of hydrogen-bond acceptors (Lipinski definition) is 6. The molecule has 0 aliphatic carbocycles. The number of ether oxygens (including phenoxy) is 1. The molecule has 0 aliphatic heterocycles. The number of hydrogen-bond donors (Lipinski definition) is 3. The van der Waals surface area contributed by atoms with Crippen molar-refractivity contribution in [2.75, 3.05) is 16.4 Å². The Kier molecular flexibility index (Phi) is 6.79. The molecule has 0 unspecified atom stereocenters. The molecule has 8 nitrogen and oxygen atoms in total. The highest BCUT2D eigenvalue weighted by molar-refractivity contribution is 6.30. The quantitative estimate of drug-likeness (QED) is 0.303. The van der Waals surface area contributed by atoms with Gasteiger partial charge in [-0.2, -0.15) is 0 Å². The molecule has 0 radical (unpaired) electrons. The Morgan fingerprint density at radius 3 is 2.35 bits per heavy atom. The first kappa shape index (κ1) is 22.9. The number of aromatic nitrogens is 3. The number of amides is 2. The van der Waals surface area contributed by atoms with Crippen molar-refractivity contribution in [1.82, 2.24) is 15.0 Å². The van der Waals surface area contributed by atoms with Crippen LogP contribution in [0.5, 0.6) is 11.8 Å². The Morgan fingerprint density at radius 2 is 1.65 bits per heavy atom. The monoisotopic (exact) mass is 482 g/mol. The molecule has 34 heavy (non-hydrogen) atoms. The van der Waals surface area contributed by atoms with Gasteiger partial charge in [-0.15, -0.1) is 0 Å². The van der Waals surface area contributed by atoms with Crippen molar-refractivity contribution >= 4 is 34.8 Å². The molecule has 11 heteroatoms. The molecule has 2 aromatic carbocycles. The summed E-state index contributed by atoms with van der Waals surface area (Å²) in [6.45, 7) is 0. The van der Waals surface area contributed by atoms with Crippen LogP contribution in [0.15, 0.2) is 73.2 Å². The molecule has 4 rings (SSSR count). The number of nitrogens with one attached hydrogen (secondary N) is 2. The Morgan fingerprint density at radius 1 is 0.941 bits per heavy atom. The molecule has 0 fully saturated rings. The number of nitrogens with zero attached hydrogens (tertiary/aromatic N) is 3. The maximum Gasteiger partial charge on any atom is 0.323 e. The Balaban J connectivity index is 1.36. The van der Waals surface area contributed by atoms with E-state index in [1.165, 1.54) is 42.9 Å². The van der Waals surface area contributed by atoms with Gasteiger partial charge in [-0.3, -0.25) is 0 Å². The summed E-state index contributed by atoms with van der Waals surface area (Å²) in [6.07, 6.45) is 1.55. The highest BCUT2D eigenvalue weighted by atomic mass is 35.5. The third-order valence-corrected chi connectivity index (χ3v) is 4.75. The smallest absolute Gasteiger partial charge is 0.323 e. The van der Waals surface area contributed by atoms with Gasteiger partial charge in [-0.1, -0.05) is 35.9 Å². The summed E-state index contributed by atoms with van der Waals surface area (Å²) in [6, 6.07) is 13.6. The van der Waals surface area contributed by atoms with Crippen LogP contribution in [0.4, 0.5) is 30.8 Å². The standard InChI is InChI=1S/C23H17ClF2N6O2/c24-15-9-19(21(27)28-10-15)13-4-6-18(7-5-13)34-23-29-11-17(12-30-23)32-22(33)31-16-3-1-2-14(8-16)20(25)26/h1-12,20H,(H2,27,28)(H2,31,32,33). The lowest BCUT2D eigenvalue weighted by molar-refractivity contribution is 0.151.